The highest BCUT2D eigenvalue weighted by Crippen LogP contribution is 2.34. The average molecular weight is 398 g/mol. The zero-order valence-electron chi connectivity index (χ0n) is 16.7. The average Bonchev–Trinajstić information content (AvgIpc) is 3.25. The highest BCUT2D eigenvalue weighted by Gasteiger charge is 2.28. The number of fused-ring (bicyclic) bond motifs is 1. The van der Waals surface area contributed by atoms with Gasteiger partial charge in [-0.05, 0) is 63.6 Å². The van der Waals surface area contributed by atoms with Crippen molar-refractivity contribution in [2.45, 2.75) is 57.2 Å². The minimum Gasteiger partial charge on any atom is -0.465 e. The topological polar surface area (TPSA) is 95.8 Å². The second kappa shape index (κ2) is 7.80. The van der Waals surface area contributed by atoms with Gasteiger partial charge in [0.1, 0.15) is 11.1 Å². The quantitative estimate of drug-likeness (QED) is 0.468. The van der Waals surface area contributed by atoms with Gasteiger partial charge in [-0.15, -0.1) is 0 Å². The Hall–Kier alpha value is -2.59. The molecule has 2 aromatic rings. The zero-order valence-corrected chi connectivity index (χ0v) is 17.5. The summed E-state index contributed by atoms with van der Waals surface area (Å²) >= 11 is 1.30. The fourth-order valence-corrected chi connectivity index (χ4v) is 4.83. The lowest BCUT2D eigenvalue weighted by molar-refractivity contribution is 0.0599. The Bertz CT molecular complexity index is 1020. The molecule has 0 saturated heterocycles. The molecule has 0 aliphatic heterocycles. The first-order chi connectivity index (χ1) is 13.3. The largest absolute Gasteiger partial charge is 0.465 e. The Morgan fingerprint density at radius 1 is 1.25 bits per heavy atom. The molecule has 0 spiro atoms. The highest BCUT2D eigenvalue weighted by atomic mass is 32.2. The Morgan fingerprint density at radius 2 is 1.96 bits per heavy atom. The predicted octanol–water partition coefficient (Wildman–Crippen LogP) is 3.85. The van der Waals surface area contributed by atoms with Gasteiger partial charge in [-0.1, -0.05) is 11.8 Å². The number of carbonyl (C=O) groups is 2. The van der Waals surface area contributed by atoms with E-state index in [0.29, 0.717) is 33.1 Å². The molecule has 1 atom stereocenters. The van der Waals surface area contributed by atoms with E-state index < -0.39 is 11.2 Å². The molecule has 0 fully saturated rings. The zero-order chi connectivity index (χ0) is 20.6. The van der Waals surface area contributed by atoms with E-state index in [-0.39, 0.29) is 5.78 Å². The second-order valence-electron chi connectivity index (χ2n) is 7.05. The van der Waals surface area contributed by atoms with Crippen molar-refractivity contribution in [3.63, 3.8) is 0 Å². The number of hydrogen-bond donors (Lipinski definition) is 1. The third-order valence-corrected chi connectivity index (χ3v) is 6.40. The number of ether oxygens (including phenoxy) is 1. The number of aromatic nitrogens is 2. The summed E-state index contributed by atoms with van der Waals surface area (Å²) in [5.41, 5.74) is 5.74. The third-order valence-electron chi connectivity index (χ3n) is 5.31. The lowest BCUT2D eigenvalue weighted by atomic mass is 10.0. The summed E-state index contributed by atoms with van der Waals surface area (Å²) in [6, 6.07) is 2.26. The fourth-order valence-electron chi connectivity index (χ4n) is 3.79. The summed E-state index contributed by atoms with van der Waals surface area (Å²) in [6.45, 7) is 7.24. The first kappa shape index (κ1) is 20.2. The van der Waals surface area contributed by atoms with Gasteiger partial charge in [-0.2, -0.15) is 5.26 Å². The van der Waals surface area contributed by atoms with Gasteiger partial charge >= 0.3 is 5.97 Å². The molecule has 0 aromatic carbocycles. The van der Waals surface area contributed by atoms with Gasteiger partial charge in [0, 0.05) is 11.4 Å². The molecule has 28 heavy (non-hydrogen) atoms. The van der Waals surface area contributed by atoms with Crippen LogP contribution in [0.25, 0.3) is 0 Å². The van der Waals surface area contributed by atoms with Crippen molar-refractivity contribution in [3.8, 4) is 6.07 Å². The molecule has 146 valence electrons. The van der Waals surface area contributed by atoms with Gasteiger partial charge in [-0.3, -0.25) is 4.79 Å². The summed E-state index contributed by atoms with van der Waals surface area (Å²) in [5.74, 6) is -0.599. The van der Waals surface area contributed by atoms with Crippen molar-refractivity contribution in [3.05, 3.63) is 44.9 Å². The first-order valence-corrected chi connectivity index (χ1v) is 10.1. The molecule has 0 saturated carbocycles. The summed E-state index contributed by atoms with van der Waals surface area (Å²) in [7, 11) is 1.32. The molecule has 2 heterocycles. The number of aryl methyl sites for hydroxylation is 2. The van der Waals surface area contributed by atoms with Crippen LogP contribution in [0.3, 0.4) is 0 Å². The first-order valence-electron chi connectivity index (χ1n) is 9.20. The molecule has 3 rings (SSSR count). The van der Waals surface area contributed by atoms with Crippen LogP contribution >= 0.6 is 11.8 Å². The van der Waals surface area contributed by atoms with Crippen LogP contribution in [0.4, 0.5) is 0 Å². The lowest BCUT2D eigenvalue weighted by Crippen LogP contribution is -2.16. The van der Waals surface area contributed by atoms with Crippen LogP contribution in [-0.2, 0) is 17.6 Å². The van der Waals surface area contributed by atoms with Crippen molar-refractivity contribution in [1.82, 2.24) is 9.97 Å². The molecule has 1 aliphatic rings. The van der Waals surface area contributed by atoms with Gasteiger partial charge in [0.05, 0.1) is 29.2 Å². The highest BCUT2D eigenvalue weighted by molar-refractivity contribution is 8.00. The number of Topliss-reactive ketones (excluding diaryl/α,β-unsaturated/α-hetero) is 1. The molecule has 2 aromatic heterocycles. The van der Waals surface area contributed by atoms with E-state index in [1.807, 2.05) is 6.92 Å². The van der Waals surface area contributed by atoms with Crippen molar-refractivity contribution in [2.75, 3.05) is 7.11 Å². The minimum absolute atomic E-state index is 0.135. The van der Waals surface area contributed by atoms with E-state index in [9.17, 15) is 14.9 Å². The normalized spacial score (nSPS) is 13.7. The summed E-state index contributed by atoms with van der Waals surface area (Å²) in [6.07, 6.45) is 2.92. The molecule has 1 unspecified atom stereocenters. The molecule has 0 radical (unpaired) electrons. The van der Waals surface area contributed by atoms with Crippen LogP contribution < -0.4 is 0 Å². The number of esters is 1. The van der Waals surface area contributed by atoms with Crippen molar-refractivity contribution < 1.29 is 14.3 Å². The second-order valence-corrected chi connectivity index (χ2v) is 8.38. The Labute approximate surface area is 168 Å². The number of nitrogens with zero attached hydrogens (tertiary/aromatic N) is 2. The third kappa shape index (κ3) is 3.33. The number of aromatic amines is 1. The van der Waals surface area contributed by atoms with Crippen molar-refractivity contribution in [1.29, 1.82) is 5.26 Å². The van der Waals surface area contributed by atoms with E-state index in [4.69, 9.17) is 9.72 Å². The van der Waals surface area contributed by atoms with Crippen LogP contribution in [-0.4, -0.2) is 34.1 Å². The molecule has 1 aliphatic carbocycles. The minimum atomic E-state index is -0.465. The Balaban J connectivity index is 1.92. The molecule has 0 bridgehead atoms. The maximum absolute atomic E-state index is 13.0. The summed E-state index contributed by atoms with van der Waals surface area (Å²) < 4.78 is 4.81. The number of H-pyrrole nitrogens is 1. The van der Waals surface area contributed by atoms with Crippen LogP contribution in [0.5, 0.6) is 0 Å². The van der Waals surface area contributed by atoms with Gasteiger partial charge in [0.15, 0.2) is 5.78 Å². The Morgan fingerprint density at radius 3 is 2.61 bits per heavy atom. The van der Waals surface area contributed by atoms with Crippen molar-refractivity contribution >= 4 is 23.5 Å². The fraction of sp³-hybridized carbons (Fsp3) is 0.429. The molecular formula is C21H23N3O3S. The summed E-state index contributed by atoms with van der Waals surface area (Å²) in [5, 5.41) is 9.77. The molecule has 1 N–H and O–H groups in total. The smallest absolute Gasteiger partial charge is 0.339 e. The SMILES string of the molecule is COC(=O)c1c(C)[nH]c(C(=O)C(C)Sc2nc3c(c(C)c2C#N)CCC3)c1C. The summed E-state index contributed by atoms with van der Waals surface area (Å²) in [4.78, 5) is 32.7. The number of carbonyl (C=O) groups excluding carboxylic acids is 2. The van der Waals surface area contributed by atoms with Crippen molar-refractivity contribution in [2.24, 2.45) is 0 Å². The number of rotatable bonds is 5. The maximum atomic E-state index is 13.0. The molecule has 0 amide bonds. The van der Waals surface area contributed by atoms with Gasteiger partial charge in [-0.25, -0.2) is 9.78 Å². The number of thioether (sulfide) groups is 1. The van der Waals surface area contributed by atoms with Crippen LogP contribution in [0.2, 0.25) is 0 Å². The number of methoxy groups -OCH3 is 1. The Kier molecular flexibility index (Phi) is 5.61. The standard InChI is InChI=1S/C21H23N3O3S/c1-10-14-7-6-8-16(14)24-20(15(10)9-22)28-13(4)19(25)18-11(2)17(12(3)23-18)21(26)27-5/h13,23H,6-8H2,1-5H3. The van der Waals surface area contributed by atoms with E-state index in [0.717, 1.165) is 30.5 Å². The lowest BCUT2D eigenvalue weighted by Gasteiger charge is -2.14. The van der Waals surface area contributed by atoms with E-state index in [2.05, 4.69) is 11.1 Å². The number of hydrogen-bond acceptors (Lipinski definition) is 6. The van der Waals surface area contributed by atoms with Crippen LogP contribution in [0, 0.1) is 32.1 Å². The molecule has 7 heteroatoms. The van der Waals surface area contributed by atoms with Gasteiger partial charge in [0.25, 0.3) is 0 Å². The van der Waals surface area contributed by atoms with Crippen LogP contribution in [0.1, 0.15) is 67.8 Å². The monoisotopic (exact) mass is 397 g/mol. The van der Waals surface area contributed by atoms with E-state index in [1.54, 1.807) is 20.8 Å². The van der Waals surface area contributed by atoms with Crippen LogP contribution in [0.15, 0.2) is 5.03 Å². The number of pyridine rings is 1. The number of nitrogens with one attached hydrogen (secondary N) is 1. The van der Waals surface area contributed by atoms with E-state index in [1.165, 1.54) is 24.4 Å². The number of nitriles is 1. The molecule has 6 nitrogen and oxygen atoms in total. The van der Waals surface area contributed by atoms with E-state index >= 15 is 0 Å². The predicted molar refractivity (Wildman–Crippen MR) is 107 cm³/mol. The number of ketones is 1. The van der Waals surface area contributed by atoms with Gasteiger partial charge in [0.2, 0.25) is 0 Å². The maximum Gasteiger partial charge on any atom is 0.339 e. The molecular weight excluding hydrogens is 374 g/mol. The van der Waals surface area contributed by atoms with Gasteiger partial charge < -0.3 is 9.72 Å².